The fraction of sp³-hybridized carbons (Fsp3) is 0.600. The predicted molar refractivity (Wildman–Crippen MR) is 175 cm³/mol. The zero-order valence-electron chi connectivity index (χ0n) is 26.7. The van der Waals surface area contributed by atoms with Gasteiger partial charge in [0.1, 0.15) is 23.0 Å². The molecule has 0 bridgehead atoms. The molecule has 214 valence electrons. The molecule has 0 aliphatic carbocycles. The van der Waals surface area contributed by atoms with E-state index in [1.165, 1.54) is 11.1 Å². The Labute approximate surface area is 238 Å². The van der Waals surface area contributed by atoms with Crippen molar-refractivity contribution in [3.8, 4) is 23.0 Å². The third-order valence-corrected chi connectivity index (χ3v) is 9.10. The summed E-state index contributed by atoms with van der Waals surface area (Å²) in [7, 11) is -6.99. The van der Waals surface area contributed by atoms with Crippen LogP contribution in [0, 0.1) is 11.8 Å². The second kappa shape index (κ2) is 12.4. The Balaban J connectivity index is 2.22. The molecule has 0 saturated heterocycles. The maximum atomic E-state index is 6.47. The third kappa shape index (κ3) is 12.1. The molecule has 2 atom stereocenters. The zero-order chi connectivity index (χ0) is 29.1. The maximum Gasteiger partial charge on any atom is 0.242 e. The van der Waals surface area contributed by atoms with E-state index < -0.39 is 33.3 Å². The van der Waals surface area contributed by atoms with E-state index in [1.807, 2.05) is 0 Å². The second-order valence-electron chi connectivity index (χ2n) is 14.8. The molecule has 2 unspecified atom stereocenters. The van der Waals surface area contributed by atoms with Crippen molar-refractivity contribution in [2.24, 2.45) is 11.8 Å². The molecule has 0 spiro atoms. The lowest BCUT2D eigenvalue weighted by Crippen LogP contribution is -2.32. The van der Waals surface area contributed by atoms with E-state index in [4.69, 9.17) is 17.7 Å². The molecule has 0 N–H and O–H groups in total. The average molecular weight is 591 g/mol. The highest BCUT2D eigenvalue weighted by molar-refractivity contribution is 6.72. The number of hydrogen-bond donors (Lipinski definition) is 0. The van der Waals surface area contributed by atoms with Gasteiger partial charge in [0.2, 0.25) is 33.3 Å². The van der Waals surface area contributed by atoms with Crippen molar-refractivity contribution in [1.82, 2.24) is 0 Å². The fourth-order valence-corrected chi connectivity index (χ4v) is 7.45. The average Bonchev–Trinajstić information content (AvgIpc) is 2.67. The SMILES string of the molecule is CC(Cc1ccc(O[Si](C)(C)C)c(O[Si](C)(C)C)c1)C(C)Cc1ccc(O[Si](C)(C)C)c(O[Si](C)(C)C)c1. The largest absolute Gasteiger partial charge is 0.542 e. The van der Waals surface area contributed by atoms with Crippen LogP contribution in [0.4, 0.5) is 0 Å². The molecule has 0 aliphatic heterocycles. The Morgan fingerprint density at radius 1 is 0.447 bits per heavy atom. The van der Waals surface area contributed by atoms with Crippen molar-refractivity contribution >= 4 is 33.3 Å². The standard InChI is InChI=1S/C30H54O4Si4/c1-23(19-25-15-17-27(31-35(3,4)5)29(21-25)33-37(9,10)11)24(2)20-26-16-18-28(32-36(6,7)8)30(22-26)34-38(12,13)14/h15-18,21-24H,19-20H2,1-14H3. The molecule has 0 fully saturated rings. The van der Waals surface area contributed by atoms with Gasteiger partial charge in [-0.25, -0.2) is 0 Å². The van der Waals surface area contributed by atoms with Crippen LogP contribution in [0.5, 0.6) is 23.0 Å². The van der Waals surface area contributed by atoms with Gasteiger partial charge in [0.25, 0.3) is 0 Å². The van der Waals surface area contributed by atoms with Gasteiger partial charge in [0.15, 0.2) is 0 Å². The summed E-state index contributed by atoms with van der Waals surface area (Å²) in [5, 5.41) is 0. The monoisotopic (exact) mass is 590 g/mol. The molecule has 0 heterocycles. The van der Waals surface area contributed by atoms with Gasteiger partial charge in [-0.2, -0.15) is 0 Å². The minimum absolute atomic E-state index is 0.512. The van der Waals surface area contributed by atoms with Gasteiger partial charge in [-0.05, 0) is 139 Å². The van der Waals surface area contributed by atoms with Gasteiger partial charge in [0.05, 0.1) is 0 Å². The molecule has 2 aromatic carbocycles. The number of rotatable bonds is 13. The van der Waals surface area contributed by atoms with Crippen LogP contribution < -0.4 is 17.7 Å². The van der Waals surface area contributed by atoms with Crippen LogP contribution in [-0.4, -0.2) is 33.3 Å². The highest BCUT2D eigenvalue weighted by Gasteiger charge is 2.25. The van der Waals surface area contributed by atoms with Gasteiger partial charge in [-0.3, -0.25) is 0 Å². The van der Waals surface area contributed by atoms with Crippen molar-refractivity contribution in [3.63, 3.8) is 0 Å². The predicted octanol–water partition coefficient (Wildman–Crippen LogP) is 9.60. The lowest BCUT2D eigenvalue weighted by Gasteiger charge is -2.27. The second-order valence-corrected chi connectivity index (χ2v) is 32.5. The van der Waals surface area contributed by atoms with E-state index in [2.05, 4.69) is 129 Å². The molecule has 0 amide bonds. The summed E-state index contributed by atoms with van der Waals surface area (Å²) in [5.41, 5.74) is 2.62. The molecule has 0 saturated carbocycles. The van der Waals surface area contributed by atoms with Crippen molar-refractivity contribution in [3.05, 3.63) is 47.5 Å². The Morgan fingerprint density at radius 2 is 0.711 bits per heavy atom. The number of benzene rings is 2. The van der Waals surface area contributed by atoms with Gasteiger partial charge in [0, 0.05) is 0 Å². The summed E-state index contributed by atoms with van der Waals surface area (Å²) in [6, 6.07) is 13.1. The molecule has 0 radical (unpaired) electrons. The molecule has 2 rings (SSSR count). The first kappa shape index (κ1) is 32.7. The van der Waals surface area contributed by atoms with E-state index >= 15 is 0 Å². The van der Waals surface area contributed by atoms with Crippen molar-refractivity contribution in [2.75, 3.05) is 0 Å². The molecular weight excluding hydrogens is 537 g/mol. The van der Waals surface area contributed by atoms with Crippen LogP contribution in [0.15, 0.2) is 36.4 Å². The molecule has 4 nitrogen and oxygen atoms in total. The Kier molecular flexibility index (Phi) is 10.6. The lowest BCUT2D eigenvalue weighted by molar-refractivity contribution is 0.382. The fourth-order valence-electron chi connectivity index (χ4n) is 4.15. The number of hydrogen-bond acceptors (Lipinski definition) is 4. The molecule has 8 heteroatoms. The van der Waals surface area contributed by atoms with E-state index in [0.29, 0.717) is 11.8 Å². The van der Waals surface area contributed by atoms with E-state index in [9.17, 15) is 0 Å². The molecule has 38 heavy (non-hydrogen) atoms. The molecule has 0 aliphatic rings. The van der Waals surface area contributed by atoms with E-state index in [-0.39, 0.29) is 0 Å². The molecule has 2 aromatic rings. The minimum Gasteiger partial charge on any atom is -0.542 e. The van der Waals surface area contributed by atoms with Gasteiger partial charge in [-0.15, -0.1) is 0 Å². The van der Waals surface area contributed by atoms with Crippen molar-refractivity contribution < 1.29 is 17.7 Å². The smallest absolute Gasteiger partial charge is 0.242 e. The molecular formula is C30H54O4Si4. The Morgan fingerprint density at radius 3 is 0.974 bits per heavy atom. The van der Waals surface area contributed by atoms with Gasteiger partial charge in [-0.1, -0.05) is 26.0 Å². The van der Waals surface area contributed by atoms with Crippen LogP contribution in [0.1, 0.15) is 25.0 Å². The summed E-state index contributed by atoms with van der Waals surface area (Å²) < 4.78 is 25.7. The van der Waals surface area contributed by atoms with E-state index in [0.717, 1.165) is 35.8 Å². The first-order valence-electron chi connectivity index (χ1n) is 14.1. The summed E-state index contributed by atoms with van der Waals surface area (Å²) >= 11 is 0. The lowest BCUT2D eigenvalue weighted by atomic mass is 9.85. The van der Waals surface area contributed by atoms with Crippen LogP contribution >= 0.6 is 0 Å². The summed E-state index contributed by atoms with van der Waals surface area (Å²) in [5.74, 6) is 4.64. The quantitative estimate of drug-likeness (QED) is 0.218. The van der Waals surface area contributed by atoms with Gasteiger partial charge < -0.3 is 17.7 Å². The Hall–Kier alpha value is -1.49. The highest BCUT2D eigenvalue weighted by Crippen LogP contribution is 2.36. The maximum absolute atomic E-state index is 6.47. The summed E-state index contributed by atoms with van der Waals surface area (Å²) in [6.45, 7) is 31.4. The van der Waals surface area contributed by atoms with Crippen LogP contribution in [-0.2, 0) is 12.8 Å². The Bertz CT molecular complexity index is 974. The van der Waals surface area contributed by atoms with Gasteiger partial charge >= 0.3 is 0 Å². The van der Waals surface area contributed by atoms with Crippen LogP contribution in [0.2, 0.25) is 78.6 Å². The topological polar surface area (TPSA) is 36.9 Å². The first-order valence-corrected chi connectivity index (χ1v) is 27.8. The van der Waals surface area contributed by atoms with E-state index in [1.54, 1.807) is 0 Å². The zero-order valence-corrected chi connectivity index (χ0v) is 30.7. The van der Waals surface area contributed by atoms with Crippen molar-refractivity contribution in [2.45, 2.75) is 105 Å². The first-order chi connectivity index (χ1) is 17.1. The summed E-state index contributed by atoms with van der Waals surface area (Å²) in [4.78, 5) is 0. The molecule has 0 aromatic heterocycles. The normalized spacial score (nSPS) is 14.6. The highest BCUT2D eigenvalue weighted by atomic mass is 28.4. The third-order valence-electron chi connectivity index (χ3n) is 5.77. The summed E-state index contributed by atoms with van der Waals surface area (Å²) in [6.07, 6.45) is 2.01. The van der Waals surface area contributed by atoms with Crippen LogP contribution in [0.3, 0.4) is 0 Å². The minimum atomic E-state index is -1.76. The van der Waals surface area contributed by atoms with Crippen LogP contribution in [0.25, 0.3) is 0 Å². The van der Waals surface area contributed by atoms with Crippen molar-refractivity contribution in [1.29, 1.82) is 0 Å².